The fourth-order valence-corrected chi connectivity index (χ4v) is 12.9. The molecule has 0 fully saturated rings. The molecule has 1 aromatic heterocycles. The number of benzene rings is 2. The van der Waals surface area contributed by atoms with Gasteiger partial charge in [0.15, 0.2) is 0 Å². The molecule has 0 radical (unpaired) electrons. The topological polar surface area (TPSA) is 0 Å². The van der Waals surface area contributed by atoms with Crippen LogP contribution in [0.5, 0.6) is 0 Å². The number of fused-ring (bicyclic) bond motifs is 1. The standard InChI is InChI=1S/C18H17.C10H12SSi.2ClH.Zr/c1-3-14-7-9-15(10-8-14)17-6-4-5-16-11-13(2)12-18(16)17;1-6-9-7-4-5-11-8(7)10(6)12(9,2)3;;;/h4-12H,3H2,1-2H3;4-5,9H,1-3H3;2*1H;/q;;;;+2/p-2. The van der Waals surface area contributed by atoms with Gasteiger partial charge in [-0.1, -0.05) is 18.7 Å². The van der Waals surface area contributed by atoms with Crippen LogP contribution in [0.3, 0.4) is 0 Å². The summed E-state index contributed by atoms with van der Waals surface area (Å²) >= 11 is 3.53. The minimum Gasteiger partial charge on any atom is -1.00 e. The summed E-state index contributed by atoms with van der Waals surface area (Å²) in [5.74, 6) is 0. The molecule has 0 N–H and O–H groups in total. The quantitative estimate of drug-likeness (QED) is 0.404. The Bertz CT molecular complexity index is 1240. The van der Waals surface area contributed by atoms with Crippen molar-refractivity contribution in [2.45, 2.75) is 49.5 Å². The number of hydrogen-bond acceptors (Lipinski definition) is 1. The minimum absolute atomic E-state index is 0. The fraction of sp³-hybridized carbons (Fsp3) is 0.286. The molecule has 2 unspecified atom stereocenters. The maximum Gasteiger partial charge on any atom is -1.00 e. The number of halogens is 2. The predicted molar refractivity (Wildman–Crippen MR) is 135 cm³/mol. The van der Waals surface area contributed by atoms with Crippen molar-refractivity contribution < 1.29 is 49.5 Å². The molecule has 4 aliphatic rings. The van der Waals surface area contributed by atoms with Gasteiger partial charge in [-0.05, 0) is 29.1 Å². The molecule has 3 heterocycles. The van der Waals surface area contributed by atoms with Gasteiger partial charge < -0.3 is 24.8 Å². The second kappa shape index (κ2) is 10.1. The molecule has 3 aromatic rings. The third-order valence-electron chi connectivity index (χ3n) is 7.38. The van der Waals surface area contributed by atoms with Gasteiger partial charge in [-0.25, -0.2) is 0 Å². The summed E-state index contributed by atoms with van der Waals surface area (Å²) in [4.78, 5) is 1.63. The summed E-state index contributed by atoms with van der Waals surface area (Å²) in [5, 5.41) is 4.02. The van der Waals surface area contributed by atoms with Crippen molar-refractivity contribution in [2.24, 2.45) is 0 Å². The van der Waals surface area contributed by atoms with E-state index in [1.807, 2.05) is 11.3 Å². The first-order valence-corrected chi connectivity index (χ1v) is 16.6. The zero-order chi connectivity index (χ0) is 21.9. The Morgan fingerprint density at radius 2 is 1.64 bits per heavy atom. The van der Waals surface area contributed by atoms with Crippen LogP contribution < -0.4 is 24.8 Å². The van der Waals surface area contributed by atoms with E-state index in [1.165, 1.54) is 33.4 Å². The van der Waals surface area contributed by atoms with E-state index in [0.717, 1.165) is 12.0 Å². The first kappa shape index (κ1) is 26.9. The first-order valence-electron chi connectivity index (χ1n) is 11.2. The van der Waals surface area contributed by atoms with E-state index in [1.54, 1.807) is 45.9 Å². The monoisotopic (exact) mass is 585 g/mol. The van der Waals surface area contributed by atoms with Gasteiger partial charge in [0.25, 0.3) is 0 Å². The molecule has 2 atom stereocenters. The third kappa shape index (κ3) is 4.27. The van der Waals surface area contributed by atoms with Crippen LogP contribution in [-0.4, -0.2) is 8.07 Å². The molecule has 2 aliphatic carbocycles. The zero-order valence-electron chi connectivity index (χ0n) is 19.8. The second-order valence-corrected chi connectivity index (χ2v) is 16.5. The summed E-state index contributed by atoms with van der Waals surface area (Å²) in [6.45, 7) is 11.8. The molecule has 0 spiro atoms. The molecule has 33 heavy (non-hydrogen) atoms. The largest absolute Gasteiger partial charge is 1.00 e. The van der Waals surface area contributed by atoms with Crippen LogP contribution in [0.2, 0.25) is 13.1 Å². The second-order valence-electron chi connectivity index (χ2n) is 9.60. The Balaban J connectivity index is 0.000000190. The molecule has 2 aliphatic heterocycles. The van der Waals surface area contributed by atoms with Gasteiger partial charge in [-0.2, -0.15) is 0 Å². The van der Waals surface area contributed by atoms with Crippen LogP contribution >= 0.6 is 11.3 Å². The summed E-state index contributed by atoms with van der Waals surface area (Å²) in [6, 6.07) is 18.1. The van der Waals surface area contributed by atoms with E-state index >= 15 is 0 Å². The van der Waals surface area contributed by atoms with Gasteiger partial charge in [0.05, 0.1) is 8.07 Å². The Labute approximate surface area is 231 Å². The Hall–Kier alpha value is -0.700. The molecule has 2 aromatic carbocycles. The van der Waals surface area contributed by atoms with Crippen LogP contribution in [-0.2, 0) is 31.1 Å². The molecule has 2 bridgehead atoms. The molecule has 0 saturated carbocycles. The van der Waals surface area contributed by atoms with Gasteiger partial charge in [0.2, 0.25) is 0 Å². The molecular formula is C28H29Cl2SSiZr. The maximum atomic E-state index is 2.51. The third-order valence-corrected chi connectivity index (χ3v) is 14.5. The Morgan fingerprint density at radius 1 is 0.939 bits per heavy atom. The van der Waals surface area contributed by atoms with Crippen molar-refractivity contribution in [3.63, 3.8) is 0 Å². The predicted octanol–water partition coefficient (Wildman–Crippen LogP) is 2.35. The number of aryl methyl sites for hydroxylation is 1. The zero-order valence-corrected chi connectivity index (χ0v) is 25.6. The first-order chi connectivity index (χ1) is 14.8. The van der Waals surface area contributed by atoms with Crippen LogP contribution in [0.15, 0.2) is 65.1 Å². The fourth-order valence-electron chi connectivity index (χ4n) is 5.83. The summed E-state index contributed by atoms with van der Waals surface area (Å²) in [6.07, 6.45) is 3.48. The molecule has 0 saturated heterocycles. The molecule has 0 amide bonds. The van der Waals surface area contributed by atoms with Gasteiger partial charge in [-0.3, -0.25) is 0 Å². The summed E-state index contributed by atoms with van der Waals surface area (Å²) < 4.78 is 0.650. The average Bonchev–Trinajstić information content (AvgIpc) is 3.45. The van der Waals surface area contributed by atoms with Crippen LogP contribution in [0, 0.1) is 0 Å². The van der Waals surface area contributed by atoms with E-state index in [2.05, 4.69) is 93.9 Å². The van der Waals surface area contributed by atoms with Crippen molar-refractivity contribution in [3.8, 4) is 11.1 Å². The van der Waals surface area contributed by atoms with Gasteiger partial charge in [-0.15, -0.1) is 11.3 Å². The smallest absolute Gasteiger partial charge is 1.00 e. The van der Waals surface area contributed by atoms with E-state index in [0.29, 0.717) is 3.63 Å². The van der Waals surface area contributed by atoms with Gasteiger partial charge in [0.1, 0.15) is 0 Å². The molecule has 7 rings (SSSR count). The van der Waals surface area contributed by atoms with Crippen LogP contribution in [0.4, 0.5) is 0 Å². The van der Waals surface area contributed by atoms with E-state index in [4.69, 9.17) is 0 Å². The van der Waals surface area contributed by atoms with E-state index in [9.17, 15) is 0 Å². The van der Waals surface area contributed by atoms with Crippen molar-refractivity contribution in [1.82, 2.24) is 0 Å². The summed E-state index contributed by atoms with van der Waals surface area (Å²) in [5.41, 5.74) is 12.8. The van der Waals surface area contributed by atoms with Crippen molar-refractivity contribution in [3.05, 3.63) is 92.2 Å². The molecule has 0 nitrogen and oxygen atoms in total. The SMILES string of the molecule is CC1=C2c3sccc3C1[Si]2(C)C.CCc1ccc(-c2cccc3c2C=C(C)[CH]3[Zr+2])cc1.[Cl-].[Cl-]. The van der Waals surface area contributed by atoms with Crippen molar-refractivity contribution >= 4 is 30.7 Å². The minimum atomic E-state index is -0.972. The molecular weight excluding hydrogens is 559 g/mol. The molecule has 5 heteroatoms. The number of hydrogen-bond donors (Lipinski definition) is 0. The van der Waals surface area contributed by atoms with Gasteiger partial charge in [0, 0.05) is 10.4 Å². The summed E-state index contributed by atoms with van der Waals surface area (Å²) in [7, 11) is -0.972. The van der Waals surface area contributed by atoms with Gasteiger partial charge >= 0.3 is 131 Å². The number of thiophene rings is 1. The maximum absolute atomic E-state index is 2.51. The van der Waals surface area contributed by atoms with E-state index in [-0.39, 0.29) is 24.8 Å². The Kier molecular flexibility index (Phi) is 8.24. The van der Waals surface area contributed by atoms with Crippen molar-refractivity contribution in [2.75, 3.05) is 0 Å². The average molecular weight is 588 g/mol. The molecule has 169 valence electrons. The normalized spacial score (nSPS) is 20.4. The van der Waals surface area contributed by atoms with Crippen LogP contribution in [0.25, 0.3) is 22.4 Å². The Morgan fingerprint density at radius 3 is 2.24 bits per heavy atom. The van der Waals surface area contributed by atoms with Crippen molar-refractivity contribution in [1.29, 1.82) is 0 Å². The number of rotatable bonds is 2. The van der Waals surface area contributed by atoms with E-state index < -0.39 is 8.07 Å². The van der Waals surface area contributed by atoms with Crippen LogP contribution in [0.1, 0.15) is 57.1 Å². The number of allylic oxidation sites excluding steroid dienone is 2.